The minimum absolute atomic E-state index is 0.267. The molecule has 0 radical (unpaired) electrons. The van der Waals surface area contributed by atoms with Crippen molar-refractivity contribution in [3.05, 3.63) is 16.0 Å². The third kappa shape index (κ3) is 4.39. The fraction of sp³-hybridized carbons (Fsp3) is 0.611. The lowest BCUT2D eigenvalue weighted by atomic mass is 9.79. The third-order valence-electron chi connectivity index (χ3n) is 4.57. The fourth-order valence-electron chi connectivity index (χ4n) is 3.17. The number of thiophene rings is 1. The van der Waals surface area contributed by atoms with E-state index in [9.17, 15) is 19.5 Å². The minimum Gasteiger partial charge on any atom is -0.550 e. The predicted molar refractivity (Wildman–Crippen MR) is 93.4 cm³/mol. The molecule has 2 atom stereocenters. The molecule has 0 aromatic carbocycles. The molecule has 1 aliphatic carbocycles. The molecule has 1 aromatic heterocycles. The lowest BCUT2D eigenvalue weighted by Crippen LogP contribution is -2.42. The number of esters is 1. The van der Waals surface area contributed by atoms with E-state index < -0.39 is 23.8 Å². The fourth-order valence-corrected chi connectivity index (χ4v) is 4.22. The van der Waals surface area contributed by atoms with Crippen LogP contribution in [0.25, 0.3) is 0 Å². The van der Waals surface area contributed by atoms with Crippen LogP contribution in [0.1, 0.15) is 60.3 Å². The van der Waals surface area contributed by atoms with Gasteiger partial charge < -0.3 is 20.0 Å². The van der Waals surface area contributed by atoms with Gasteiger partial charge in [0.25, 0.3) is 0 Å². The second-order valence-corrected chi connectivity index (χ2v) is 7.97. The lowest BCUT2D eigenvalue weighted by molar-refractivity contribution is -0.313. The molecule has 0 unspecified atom stereocenters. The topological polar surface area (TPSA) is 95.5 Å². The Morgan fingerprint density at radius 1 is 1.16 bits per heavy atom. The summed E-state index contributed by atoms with van der Waals surface area (Å²) in [6.07, 6.45) is 2.29. The van der Waals surface area contributed by atoms with Crippen LogP contribution in [-0.4, -0.2) is 23.9 Å². The molecule has 1 N–H and O–H groups in total. The highest BCUT2D eigenvalue weighted by molar-refractivity contribution is 7.16. The number of aryl methyl sites for hydroxylation is 1. The van der Waals surface area contributed by atoms with E-state index in [0.717, 1.165) is 23.3 Å². The van der Waals surface area contributed by atoms with Gasteiger partial charge in [-0.1, -0.05) is 12.8 Å². The molecule has 2 rings (SSSR count). The lowest BCUT2D eigenvalue weighted by Gasteiger charge is -2.31. The smallest absolute Gasteiger partial charge is 0.341 e. The van der Waals surface area contributed by atoms with Gasteiger partial charge >= 0.3 is 5.97 Å². The quantitative estimate of drug-likeness (QED) is 0.808. The van der Waals surface area contributed by atoms with Crippen molar-refractivity contribution in [1.29, 1.82) is 0 Å². The van der Waals surface area contributed by atoms with E-state index in [-0.39, 0.29) is 12.0 Å². The standard InChI is InChI=1S/C18H25NO5S/c1-9(2)24-18(23)14-10(3)11(4)25-16(14)19-15(20)12-7-5-6-8-13(12)17(21)22/h9,12-13H,5-8H2,1-4H3,(H,19,20)(H,21,22)/p-1/t12-,13+/m0/s1. The van der Waals surface area contributed by atoms with Crippen LogP contribution in [0.4, 0.5) is 5.00 Å². The second kappa shape index (κ2) is 7.99. The Morgan fingerprint density at radius 2 is 1.76 bits per heavy atom. The van der Waals surface area contributed by atoms with Gasteiger partial charge in [-0.25, -0.2) is 4.79 Å². The molecule has 1 saturated carbocycles. The normalized spacial score (nSPS) is 20.4. The maximum absolute atomic E-state index is 12.7. The first-order chi connectivity index (χ1) is 11.7. The highest BCUT2D eigenvalue weighted by Crippen LogP contribution is 2.36. The van der Waals surface area contributed by atoms with E-state index in [2.05, 4.69) is 5.32 Å². The van der Waals surface area contributed by atoms with E-state index in [1.807, 2.05) is 13.8 Å². The zero-order chi connectivity index (χ0) is 18.7. The number of anilines is 1. The second-order valence-electron chi connectivity index (χ2n) is 6.75. The Hall–Kier alpha value is -1.89. The number of ether oxygens (including phenoxy) is 1. The molecule has 1 amide bonds. The minimum atomic E-state index is -1.18. The van der Waals surface area contributed by atoms with Gasteiger partial charge in [0.1, 0.15) is 5.00 Å². The third-order valence-corrected chi connectivity index (χ3v) is 5.70. The van der Waals surface area contributed by atoms with E-state index in [1.54, 1.807) is 13.8 Å². The van der Waals surface area contributed by atoms with Gasteiger partial charge in [0, 0.05) is 22.7 Å². The number of carboxylic acids is 1. The summed E-state index contributed by atoms with van der Waals surface area (Å²) in [5.41, 5.74) is 1.12. The van der Waals surface area contributed by atoms with Crippen molar-refractivity contribution in [2.75, 3.05) is 5.32 Å². The zero-order valence-electron chi connectivity index (χ0n) is 15.0. The number of hydrogen-bond donors (Lipinski definition) is 1. The van der Waals surface area contributed by atoms with Crippen LogP contribution in [-0.2, 0) is 14.3 Å². The monoisotopic (exact) mass is 366 g/mol. The Morgan fingerprint density at radius 3 is 2.32 bits per heavy atom. The van der Waals surface area contributed by atoms with Crippen LogP contribution in [0.3, 0.4) is 0 Å². The van der Waals surface area contributed by atoms with Gasteiger partial charge in [-0.05, 0) is 46.1 Å². The average molecular weight is 366 g/mol. The van der Waals surface area contributed by atoms with Crippen LogP contribution in [0.2, 0.25) is 0 Å². The van der Waals surface area contributed by atoms with Crippen molar-refractivity contribution in [3.8, 4) is 0 Å². The number of nitrogens with one attached hydrogen (secondary N) is 1. The van der Waals surface area contributed by atoms with Gasteiger partial charge in [-0.2, -0.15) is 0 Å². The van der Waals surface area contributed by atoms with Crippen molar-refractivity contribution >= 4 is 34.2 Å². The Bertz CT molecular complexity index is 679. The molecule has 1 aromatic rings. The highest BCUT2D eigenvalue weighted by atomic mass is 32.1. The molecule has 138 valence electrons. The van der Waals surface area contributed by atoms with Crippen LogP contribution < -0.4 is 10.4 Å². The zero-order valence-corrected chi connectivity index (χ0v) is 15.8. The summed E-state index contributed by atoms with van der Waals surface area (Å²) in [5.74, 6) is -3.43. The first-order valence-corrected chi connectivity index (χ1v) is 9.36. The number of carbonyl (C=O) groups excluding carboxylic acids is 3. The summed E-state index contributed by atoms with van der Waals surface area (Å²) in [4.78, 5) is 37.2. The molecule has 1 aliphatic rings. The van der Waals surface area contributed by atoms with Crippen LogP contribution in [0.5, 0.6) is 0 Å². The van der Waals surface area contributed by atoms with Gasteiger partial charge in [0.2, 0.25) is 5.91 Å². The summed E-state index contributed by atoms with van der Waals surface area (Å²) in [5, 5.41) is 14.5. The average Bonchev–Trinajstić information content (AvgIpc) is 2.80. The van der Waals surface area contributed by atoms with Crippen molar-refractivity contribution in [2.45, 2.75) is 59.5 Å². The molecule has 25 heavy (non-hydrogen) atoms. The van der Waals surface area contributed by atoms with Gasteiger partial charge in [0.05, 0.1) is 11.7 Å². The molecule has 0 aliphatic heterocycles. The molecular formula is C18H24NO5S-. The van der Waals surface area contributed by atoms with Crippen molar-refractivity contribution in [2.24, 2.45) is 11.8 Å². The maximum atomic E-state index is 12.7. The molecule has 0 saturated heterocycles. The van der Waals surface area contributed by atoms with E-state index in [1.165, 1.54) is 11.3 Å². The predicted octanol–water partition coefficient (Wildman–Crippen LogP) is 2.42. The van der Waals surface area contributed by atoms with Crippen LogP contribution in [0, 0.1) is 25.7 Å². The van der Waals surface area contributed by atoms with Crippen molar-refractivity contribution < 1.29 is 24.2 Å². The number of carbonyl (C=O) groups is 3. The summed E-state index contributed by atoms with van der Waals surface area (Å²) >= 11 is 1.30. The largest absolute Gasteiger partial charge is 0.550 e. The van der Waals surface area contributed by atoms with Gasteiger partial charge in [-0.3, -0.25) is 4.79 Å². The summed E-state index contributed by atoms with van der Waals surface area (Å²) < 4.78 is 5.27. The molecular weight excluding hydrogens is 342 g/mol. The molecule has 1 fully saturated rings. The van der Waals surface area contributed by atoms with Crippen LogP contribution in [0.15, 0.2) is 0 Å². The van der Waals surface area contributed by atoms with Crippen molar-refractivity contribution in [1.82, 2.24) is 0 Å². The summed E-state index contributed by atoms with van der Waals surface area (Å²) in [6, 6.07) is 0. The van der Waals surface area contributed by atoms with Crippen molar-refractivity contribution in [3.63, 3.8) is 0 Å². The maximum Gasteiger partial charge on any atom is 0.341 e. The first-order valence-electron chi connectivity index (χ1n) is 8.55. The number of hydrogen-bond acceptors (Lipinski definition) is 6. The summed E-state index contributed by atoms with van der Waals surface area (Å²) in [6.45, 7) is 7.20. The molecule has 1 heterocycles. The molecule has 6 nitrogen and oxygen atoms in total. The Labute approximate surface area is 151 Å². The SMILES string of the molecule is Cc1sc(NC(=O)[C@H]2CCCC[C@H]2C(=O)[O-])c(C(=O)OC(C)C)c1C. The first kappa shape index (κ1) is 19.4. The summed E-state index contributed by atoms with van der Waals surface area (Å²) in [7, 11) is 0. The number of aliphatic carboxylic acids is 1. The van der Waals surface area contributed by atoms with E-state index >= 15 is 0 Å². The van der Waals surface area contributed by atoms with E-state index in [4.69, 9.17) is 4.74 Å². The number of carboxylic acid groups (broad SMARTS) is 1. The van der Waals surface area contributed by atoms with E-state index in [0.29, 0.717) is 23.4 Å². The van der Waals surface area contributed by atoms with Gasteiger partial charge in [0.15, 0.2) is 0 Å². The molecule has 0 bridgehead atoms. The Kier molecular flexibility index (Phi) is 6.21. The van der Waals surface area contributed by atoms with Crippen LogP contribution >= 0.6 is 11.3 Å². The highest BCUT2D eigenvalue weighted by Gasteiger charge is 2.33. The molecule has 7 heteroatoms. The number of amides is 1. The van der Waals surface area contributed by atoms with Gasteiger partial charge in [-0.15, -0.1) is 11.3 Å². The molecule has 0 spiro atoms. The Balaban J connectivity index is 2.24. The number of rotatable bonds is 5.